The summed E-state index contributed by atoms with van der Waals surface area (Å²) < 4.78 is 18.7. The summed E-state index contributed by atoms with van der Waals surface area (Å²) in [5.41, 5.74) is 1.02. The number of hydrogen-bond acceptors (Lipinski definition) is 7. The molecular formula is C18H14FN3O4S2. The Bertz CT molecular complexity index is 1010. The van der Waals surface area contributed by atoms with Crippen molar-refractivity contribution in [2.75, 3.05) is 18.2 Å². The molecule has 1 amide bonds. The predicted octanol–water partition coefficient (Wildman–Crippen LogP) is 4.60. The third kappa shape index (κ3) is 4.84. The topological polar surface area (TPSA) is 94.4 Å². The molecule has 0 spiro atoms. The number of thioether (sulfide) groups is 1. The molecule has 28 heavy (non-hydrogen) atoms. The molecule has 0 aliphatic carbocycles. The summed E-state index contributed by atoms with van der Waals surface area (Å²) in [4.78, 5) is 27.3. The van der Waals surface area contributed by atoms with Crippen LogP contribution in [-0.2, 0) is 4.79 Å². The lowest BCUT2D eigenvalue weighted by molar-refractivity contribution is -0.387. The first-order valence-corrected chi connectivity index (χ1v) is 10.0. The normalized spacial score (nSPS) is 10.5. The van der Waals surface area contributed by atoms with Crippen molar-refractivity contribution in [3.63, 3.8) is 0 Å². The lowest BCUT2D eigenvalue weighted by atomic mass is 10.2. The fourth-order valence-corrected chi connectivity index (χ4v) is 3.40. The number of anilines is 1. The van der Waals surface area contributed by atoms with Gasteiger partial charge in [0.25, 0.3) is 5.91 Å². The van der Waals surface area contributed by atoms with Crippen LogP contribution in [0, 0.1) is 15.9 Å². The summed E-state index contributed by atoms with van der Waals surface area (Å²) in [6, 6.07) is 11.0. The van der Waals surface area contributed by atoms with Crippen LogP contribution < -0.4 is 10.1 Å². The Kier molecular flexibility index (Phi) is 6.22. The molecule has 7 nitrogen and oxygen atoms in total. The highest BCUT2D eigenvalue weighted by molar-refractivity contribution is 7.98. The van der Waals surface area contributed by atoms with E-state index in [1.807, 2.05) is 35.9 Å². The van der Waals surface area contributed by atoms with Crippen LogP contribution >= 0.6 is 23.1 Å². The minimum absolute atomic E-state index is 0.0203. The number of nitro groups is 1. The standard InChI is InChI=1S/C18H14FN3O4S2/c1-27-13-5-2-11(3-6-13)15-10-28-18(20-15)21-17(23)9-26-12-4-7-16(22(24)25)14(19)8-12/h2-8,10H,9H2,1H3,(H,20,21,23). The van der Waals surface area contributed by atoms with E-state index in [1.165, 1.54) is 17.4 Å². The minimum atomic E-state index is -1.03. The van der Waals surface area contributed by atoms with E-state index in [0.717, 1.165) is 28.3 Å². The Hall–Kier alpha value is -2.98. The SMILES string of the molecule is CSc1ccc(-c2csc(NC(=O)COc3ccc([N+](=O)[O-])c(F)c3)n2)cc1. The molecule has 144 valence electrons. The molecule has 0 bridgehead atoms. The lowest BCUT2D eigenvalue weighted by Crippen LogP contribution is -2.20. The van der Waals surface area contributed by atoms with E-state index in [1.54, 1.807) is 11.8 Å². The van der Waals surface area contributed by atoms with Gasteiger partial charge in [-0.3, -0.25) is 20.2 Å². The monoisotopic (exact) mass is 419 g/mol. The quantitative estimate of drug-likeness (QED) is 0.342. The number of hydrogen-bond donors (Lipinski definition) is 1. The molecular weight excluding hydrogens is 405 g/mol. The molecule has 3 rings (SSSR count). The maximum absolute atomic E-state index is 13.6. The van der Waals surface area contributed by atoms with Gasteiger partial charge in [-0.1, -0.05) is 12.1 Å². The molecule has 0 atom stereocenters. The van der Waals surface area contributed by atoms with Crippen molar-refractivity contribution < 1.29 is 18.8 Å². The molecule has 0 aliphatic heterocycles. The van der Waals surface area contributed by atoms with E-state index in [-0.39, 0.29) is 12.4 Å². The first-order valence-electron chi connectivity index (χ1n) is 7.93. The largest absolute Gasteiger partial charge is 0.484 e. The van der Waals surface area contributed by atoms with Gasteiger partial charge < -0.3 is 4.74 Å². The first-order chi connectivity index (χ1) is 13.5. The Morgan fingerprint density at radius 3 is 2.71 bits per heavy atom. The Morgan fingerprint density at radius 2 is 2.07 bits per heavy atom. The maximum Gasteiger partial charge on any atom is 0.305 e. The van der Waals surface area contributed by atoms with Crippen LogP contribution in [0.2, 0.25) is 0 Å². The van der Waals surface area contributed by atoms with E-state index in [4.69, 9.17) is 4.74 Å². The molecule has 0 radical (unpaired) electrons. The van der Waals surface area contributed by atoms with Gasteiger partial charge in [-0.25, -0.2) is 4.98 Å². The first kappa shape index (κ1) is 19.8. The van der Waals surface area contributed by atoms with Crippen molar-refractivity contribution in [1.82, 2.24) is 4.98 Å². The van der Waals surface area contributed by atoms with Gasteiger partial charge >= 0.3 is 5.69 Å². The number of ether oxygens (including phenoxy) is 1. The maximum atomic E-state index is 13.6. The van der Waals surface area contributed by atoms with Crippen molar-refractivity contribution >= 4 is 39.8 Å². The fraction of sp³-hybridized carbons (Fsp3) is 0.111. The van der Waals surface area contributed by atoms with E-state index in [9.17, 15) is 19.3 Å². The fourth-order valence-electron chi connectivity index (χ4n) is 2.26. The van der Waals surface area contributed by atoms with Crippen molar-refractivity contribution in [3.05, 3.63) is 63.8 Å². The second-order valence-electron chi connectivity index (χ2n) is 5.47. The summed E-state index contributed by atoms with van der Waals surface area (Å²) in [5.74, 6) is -1.48. The van der Waals surface area contributed by atoms with E-state index in [2.05, 4.69) is 10.3 Å². The van der Waals surface area contributed by atoms with Gasteiger partial charge in [0.2, 0.25) is 5.82 Å². The molecule has 2 aromatic carbocycles. The van der Waals surface area contributed by atoms with Crippen LogP contribution in [0.4, 0.5) is 15.2 Å². The van der Waals surface area contributed by atoms with Gasteiger partial charge in [0, 0.05) is 28.0 Å². The molecule has 0 saturated heterocycles. The number of nitro benzene ring substituents is 1. The van der Waals surface area contributed by atoms with Crippen LogP contribution in [0.15, 0.2) is 52.7 Å². The average molecular weight is 419 g/mol. The van der Waals surface area contributed by atoms with Gasteiger partial charge in [-0.15, -0.1) is 23.1 Å². The Morgan fingerprint density at radius 1 is 1.32 bits per heavy atom. The van der Waals surface area contributed by atoms with Crippen molar-refractivity contribution in [1.29, 1.82) is 0 Å². The lowest BCUT2D eigenvalue weighted by Gasteiger charge is -2.06. The molecule has 0 fully saturated rings. The highest BCUT2D eigenvalue weighted by Gasteiger charge is 2.15. The van der Waals surface area contributed by atoms with Crippen molar-refractivity contribution in [2.45, 2.75) is 4.90 Å². The summed E-state index contributed by atoms with van der Waals surface area (Å²) in [7, 11) is 0. The minimum Gasteiger partial charge on any atom is -0.484 e. The highest BCUT2D eigenvalue weighted by atomic mass is 32.2. The number of carbonyl (C=O) groups excluding carboxylic acids is 1. The van der Waals surface area contributed by atoms with Crippen LogP contribution in [0.5, 0.6) is 5.75 Å². The van der Waals surface area contributed by atoms with Gasteiger partial charge in [-0.05, 0) is 24.5 Å². The summed E-state index contributed by atoms with van der Waals surface area (Å²) in [6.45, 7) is -0.380. The molecule has 0 saturated carbocycles. The van der Waals surface area contributed by atoms with E-state index in [0.29, 0.717) is 5.13 Å². The van der Waals surface area contributed by atoms with Crippen LogP contribution in [0.1, 0.15) is 0 Å². The molecule has 1 aromatic heterocycles. The number of amides is 1. The predicted molar refractivity (Wildman–Crippen MR) is 107 cm³/mol. The van der Waals surface area contributed by atoms with E-state index < -0.39 is 22.3 Å². The zero-order chi connectivity index (χ0) is 20.1. The summed E-state index contributed by atoms with van der Waals surface area (Å²) in [6.07, 6.45) is 2.00. The number of rotatable bonds is 7. The molecule has 3 aromatic rings. The number of thiazole rings is 1. The number of halogens is 1. The van der Waals surface area contributed by atoms with Crippen molar-refractivity contribution in [2.24, 2.45) is 0 Å². The molecule has 0 unspecified atom stereocenters. The van der Waals surface area contributed by atoms with Gasteiger partial charge in [-0.2, -0.15) is 4.39 Å². The van der Waals surface area contributed by atoms with Gasteiger partial charge in [0.05, 0.1) is 10.6 Å². The second-order valence-corrected chi connectivity index (χ2v) is 7.21. The van der Waals surface area contributed by atoms with E-state index >= 15 is 0 Å². The molecule has 1 N–H and O–H groups in total. The Labute approximate surface area is 167 Å². The highest BCUT2D eigenvalue weighted by Crippen LogP contribution is 2.27. The number of carbonyl (C=O) groups is 1. The number of benzene rings is 2. The van der Waals surface area contributed by atoms with Crippen molar-refractivity contribution in [3.8, 4) is 17.0 Å². The molecule has 10 heteroatoms. The van der Waals surface area contributed by atoms with Crippen LogP contribution in [0.3, 0.4) is 0 Å². The number of nitrogens with one attached hydrogen (secondary N) is 1. The third-order valence-electron chi connectivity index (χ3n) is 3.62. The van der Waals surface area contributed by atoms with Crippen LogP contribution in [0.25, 0.3) is 11.3 Å². The van der Waals surface area contributed by atoms with Gasteiger partial charge in [0.15, 0.2) is 11.7 Å². The molecule has 1 heterocycles. The summed E-state index contributed by atoms with van der Waals surface area (Å²) in [5, 5.41) is 15.4. The zero-order valence-electron chi connectivity index (χ0n) is 14.5. The average Bonchev–Trinajstić information content (AvgIpc) is 3.14. The Balaban J connectivity index is 1.57. The number of nitrogens with zero attached hydrogens (tertiary/aromatic N) is 2. The number of aromatic nitrogens is 1. The zero-order valence-corrected chi connectivity index (χ0v) is 16.2. The summed E-state index contributed by atoms with van der Waals surface area (Å²) >= 11 is 2.92. The molecule has 0 aliphatic rings. The second kappa shape index (κ2) is 8.81. The van der Waals surface area contributed by atoms with Gasteiger partial charge in [0.1, 0.15) is 5.75 Å². The smallest absolute Gasteiger partial charge is 0.305 e. The third-order valence-corrected chi connectivity index (χ3v) is 5.12. The van der Waals surface area contributed by atoms with Crippen LogP contribution in [-0.4, -0.2) is 28.7 Å².